The van der Waals surface area contributed by atoms with Gasteiger partial charge in [-0.15, -0.1) is 0 Å². The van der Waals surface area contributed by atoms with Crippen LogP contribution in [0.4, 0.5) is 5.69 Å². The van der Waals surface area contributed by atoms with Gasteiger partial charge in [-0.3, -0.25) is 0 Å². The van der Waals surface area contributed by atoms with Crippen molar-refractivity contribution in [3.05, 3.63) is 24.3 Å². The Hall–Kier alpha value is -1.07. The Morgan fingerprint density at radius 2 is 1.88 bits per heavy atom. The monoisotopic (exact) mass is 256 g/mol. The van der Waals surface area contributed by atoms with Crippen LogP contribution >= 0.6 is 0 Å². The van der Waals surface area contributed by atoms with Crippen LogP contribution in [-0.4, -0.2) is 27.8 Å². The zero-order valence-corrected chi connectivity index (χ0v) is 11.3. The molecule has 0 aromatic heterocycles. The smallest absolute Gasteiger partial charge is 0.177 e. The number of benzene rings is 1. The normalized spacial score (nSPS) is 12.5. The van der Waals surface area contributed by atoms with Crippen LogP contribution in [0.5, 0.6) is 0 Å². The highest BCUT2D eigenvalue weighted by atomic mass is 32.2. The number of nitrogens with one attached hydrogen (secondary N) is 1. The molecule has 0 bridgehead atoms. The number of rotatable bonds is 5. The Balaban J connectivity index is 2.93. The fourth-order valence-corrected chi connectivity index (χ4v) is 2.21. The van der Waals surface area contributed by atoms with Gasteiger partial charge in [0.15, 0.2) is 9.84 Å². The summed E-state index contributed by atoms with van der Waals surface area (Å²) in [5, 5.41) is 3.15. The van der Waals surface area contributed by atoms with E-state index in [2.05, 4.69) is 5.32 Å². The van der Waals surface area contributed by atoms with Crippen molar-refractivity contribution in [3.8, 4) is 0 Å². The van der Waals surface area contributed by atoms with Crippen molar-refractivity contribution in [2.75, 3.05) is 24.7 Å². The molecule has 1 aromatic rings. The highest BCUT2D eigenvalue weighted by Gasteiger charge is 2.17. The van der Waals surface area contributed by atoms with Crippen molar-refractivity contribution in [2.45, 2.75) is 18.7 Å². The van der Waals surface area contributed by atoms with E-state index >= 15 is 0 Å². The highest BCUT2D eigenvalue weighted by Crippen LogP contribution is 2.22. The average molecular weight is 256 g/mol. The Morgan fingerprint density at radius 1 is 1.29 bits per heavy atom. The molecule has 1 rings (SSSR count). The van der Waals surface area contributed by atoms with E-state index < -0.39 is 9.84 Å². The van der Waals surface area contributed by atoms with Crippen LogP contribution in [0.15, 0.2) is 29.2 Å². The lowest BCUT2D eigenvalue weighted by Crippen LogP contribution is -2.31. The summed E-state index contributed by atoms with van der Waals surface area (Å²) in [6.07, 6.45) is 1.21. The minimum atomic E-state index is -3.20. The molecule has 3 N–H and O–H groups in total. The molecule has 0 atom stereocenters. The summed E-state index contributed by atoms with van der Waals surface area (Å²) in [7, 11) is -3.20. The van der Waals surface area contributed by atoms with E-state index in [1.165, 1.54) is 6.26 Å². The van der Waals surface area contributed by atoms with E-state index in [9.17, 15) is 8.42 Å². The summed E-state index contributed by atoms with van der Waals surface area (Å²) in [6, 6.07) is 6.90. The molecule has 0 fully saturated rings. The van der Waals surface area contributed by atoms with Crippen molar-refractivity contribution in [1.29, 1.82) is 0 Å². The van der Waals surface area contributed by atoms with Gasteiger partial charge in [-0.05, 0) is 24.1 Å². The van der Waals surface area contributed by atoms with E-state index in [0.29, 0.717) is 23.7 Å². The van der Waals surface area contributed by atoms with Crippen molar-refractivity contribution in [3.63, 3.8) is 0 Å². The SMILES string of the molecule is CC(C)(CN)CNc1ccccc1S(C)(=O)=O. The van der Waals surface area contributed by atoms with Crippen molar-refractivity contribution >= 4 is 15.5 Å². The topological polar surface area (TPSA) is 72.2 Å². The van der Waals surface area contributed by atoms with Gasteiger partial charge in [0, 0.05) is 12.8 Å². The van der Waals surface area contributed by atoms with Crippen LogP contribution in [-0.2, 0) is 9.84 Å². The molecule has 17 heavy (non-hydrogen) atoms. The zero-order chi connectivity index (χ0) is 13.1. The maximum absolute atomic E-state index is 11.6. The van der Waals surface area contributed by atoms with Gasteiger partial charge in [0.25, 0.3) is 0 Å². The minimum absolute atomic E-state index is 0.0649. The third-order valence-electron chi connectivity index (χ3n) is 2.60. The van der Waals surface area contributed by atoms with Gasteiger partial charge in [-0.1, -0.05) is 26.0 Å². The first-order valence-electron chi connectivity index (χ1n) is 5.49. The molecular formula is C12H20N2O2S. The van der Waals surface area contributed by atoms with Crippen molar-refractivity contribution < 1.29 is 8.42 Å². The molecule has 0 radical (unpaired) electrons. The second kappa shape index (κ2) is 5.06. The summed E-state index contributed by atoms with van der Waals surface area (Å²) < 4.78 is 23.2. The summed E-state index contributed by atoms with van der Waals surface area (Å²) in [5.41, 5.74) is 6.21. The quantitative estimate of drug-likeness (QED) is 0.837. The van der Waals surface area contributed by atoms with Crippen LogP contribution in [0.25, 0.3) is 0 Å². The van der Waals surface area contributed by atoms with E-state index in [1.807, 2.05) is 19.9 Å². The van der Waals surface area contributed by atoms with E-state index in [0.717, 1.165) is 0 Å². The molecular weight excluding hydrogens is 236 g/mol. The van der Waals surface area contributed by atoms with Gasteiger partial charge in [-0.2, -0.15) is 0 Å². The first-order valence-corrected chi connectivity index (χ1v) is 7.38. The number of nitrogens with two attached hydrogens (primary N) is 1. The molecule has 5 heteroatoms. The van der Waals surface area contributed by atoms with Gasteiger partial charge < -0.3 is 11.1 Å². The summed E-state index contributed by atoms with van der Waals surface area (Å²) in [5.74, 6) is 0. The molecule has 96 valence electrons. The number of para-hydroxylation sites is 1. The maximum Gasteiger partial charge on any atom is 0.177 e. The minimum Gasteiger partial charge on any atom is -0.383 e. The van der Waals surface area contributed by atoms with Crippen LogP contribution in [0.2, 0.25) is 0 Å². The molecule has 0 unspecified atom stereocenters. The van der Waals surface area contributed by atoms with Gasteiger partial charge in [0.05, 0.1) is 10.6 Å². The summed E-state index contributed by atoms with van der Waals surface area (Å²) in [6.45, 7) is 5.24. The second-order valence-electron chi connectivity index (χ2n) is 4.99. The predicted molar refractivity (Wildman–Crippen MR) is 70.9 cm³/mol. The molecule has 0 spiro atoms. The van der Waals surface area contributed by atoms with Crippen molar-refractivity contribution in [2.24, 2.45) is 11.1 Å². The Labute approximate surface area is 103 Å². The number of sulfone groups is 1. The third kappa shape index (κ3) is 4.02. The molecule has 0 amide bonds. The first kappa shape index (κ1) is 14.0. The van der Waals surface area contributed by atoms with E-state index in [4.69, 9.17) is 5.73 Å². The van der Waals surface area contributed by atoms with Gasteiger partial charge >= 0.3 is 0 Å². The van der Waals surface area contributed by atoms with Gasteiger partial charge in [-0.25, -0.2) is 8.42 Å². The van der Waals surface area contributed by atoms with Crippen LogP contribution in [0, 0.1) is 5.41 Å². The first-order chi connectivity index (χ1) is 7.76. The maximum atomic E-state index is 11.6. The lowest BCUT2D eigenvalue weighted by molar-refractivity contribution is 0.405. The number of hydrogen-bond acceptors (Lipinski definition) is 4. The third-order valence-corrected chi connectivity index (χ3v) is 3.75. The molecule has 1 aromatic carbocycles. The van der Waals surface area contributed by atoms with Crippen LogP contribution in [0.1, 0.15) is 13.8 Å². The number of anilines is 1. The molecule has 4 nitrogen and oxygen atoms in total. The number of hydrogen-bond donors (Lipinski definition) is 2. The Morgan fingerprint density at radius 3 is 2.41 bits per heavy atom. The van der Waals surface area contributed by atoms with E-state index in [-0.39, 0.29) is 5.41 Å². The van der Waals surface area contributed by atoms with Crippen LogP contribution < -0.4 is 11.1 Å². The predicted octanol–water partition coefficient (Wildman–Crippen LogP) is 1.49. The van der Waals surface area contributed by atoms with Gasteiger partial charge in [0.1, 0.15) is 0 Å². The fourth-order valence-electron chi connectivity index (χ4n) is 1.34. The standard InChI is InChI=1S/C12H20N2O2S/c1-12(2,8-13)9-14-10-6-4-5-7-11(10)17(3,15)16/h4-7,14H,8-9,13H2,1-3H3. The Kier molecular flexibility index (Phi) is 4.16. The summed E-state index contributed by atoms with van der Waals surface area (Å²) in [4.78, 5) is 0.327. The largest absolute Gasteiger partial charge is 0.383 e. The zero-order valence-electron chi connectivity index (χ0n) is 10.5. The molecule has 0 saturated carbocycles. The van der Waals surface area contributed by atoms with Crippen molar-refractivity contribution in [1.82, 2.24) is 0 Å². The lowest BCUT2D eigenvalue weighted by Gasteiger charge is -2.24. The molecule has 0 aliphatic rings. The van der Waals surface area contributed by atoms with E-state index in [1.54, 1.807) is 18.2 Å². The summed E-state index contributed by atoms with van der Waals surface area (Å²) >= 11 is 0. The average Bonchev–Trinajstić information content (AvgIpc) is 2.26. The second-order valence-corrected chi connectivity index (χ2v) is 6.97. The fraction of sp³-hybridized carbons (Fsp3) is 0.500. The van der Waals surface area contributed by atoms with Crippen LogP contribution in [0.3, 0.4) is 0 Å². The highest BCUT2D eigenvalue weighted by molar-refractivity contribution is 7.90. The Bertz CT molecular complexity index is 481. The lowest BCUT2D eigenvalue weighted by atomic mass is 9.94. The molecule has 0 aliphatic carbocycles. The molecule has 0 saturated heterocycles. The van der Waals surface area contributed by atoms with Gasteiger partial charge in [0.2, 0.25) is 0 Å². The molecule has 0 heterocycles. The molecule has 0 aliphatic heterocycles.